The first-order valence-corrected chi connectivity index (χ1v) is 14.8. The van der Waals surface area contributed by atoms with E-state index >= 15 is 0 Å². The summed E-state index contributed by atoms with van der Waals surface area (Å²) in [6.45, 7) is 3.85. The van der Waals surface area contributed by atoms with Crippen molar-refractivity contribution in [1.29, 1.82) is 0 Å². The summed E-state index contributed by atoms with van der Waals surface area (Å²) in [6.07, 6.45) is 1.97. The second kappa shape index (κ2) is 15.5. The largest absolute Gasteiger partial charge is 0.507 e. The van der Waals surface area contributed by atoms with Crippen LogP contribution in [0.1, 0.15) is 43.4 Å². The molecular weight excluding hydrogens is 559 g/mol. The van der Waals surface area contributed by atoms with Crippen molar-refractivity contribution in [2.75, 3.05) is 13.2 Å². The van der Waals surface area contributed by atoms with Gasteiger partial charge in [0, 0.05) is 17.2 Å². The average molecular weight is 597 g/mol. The molecule has 0 radical (unpaired) electrons. The van der Waals surface area contributed by atoms with Gasteiger partial charge in [0.1, 0.15) is 17.3 Å². The van der Waals surface area contributed by atoms with E-state index < -0.39 is 17.9 Å². The SMILES string of the molecule is CCOC(=O)C(CCCc1ccc2ccccc2c1O)C(=O)OCC.Oc1c(Cc2cccc(F)c2)ccc2ccccc12. The lowest BCUT2D eigenvalue weighted by atomic mass is 9.97. The number of fused-ring (bicyclic) bond motifs is 2. The minimum absolute atomic E-state index is 0.222. The van der Waals surface area contributed by atoms with Crippen LogP contribution in [0.5, 0.6) is 11.5 Å². The topological polar surface area (TPSA) is 93.1 Å². The number of benzene rings is 5. The number of carbonyl (C=O) groups excluding carboxylic acids is 2. The van der Waals surface area contributed by atoms with E-state index in [-0.39, 0.29) is 30.5 Å². The molecular formula is C37H37FO6. The maximum Gasteiger partial charge on any atom is 0.320 e. The number of phenolic OH excluding ortho intramolecular Hbond substituents is 2. The molecule has 0 heterocycles. The lowest BCUT2D eigenvalue weighted by molar-refractivity contribution is -0.161. The van der Waals surface area contributed by atoms with Crippen molar-refractivity contribution < 1.29 is 33.7 Å². The Labute approximate surface area is 256 Å². The second-order valence-corrected chi connectivity index (χ2v) is 10.3. The molecule has 228 valence electrons. The Morgan fingerprint density at radius 3 is 1.82 bits per heavy atom. The summed E-state index contributed by atoms with van der Waals surface area (Å²) in [4.78, 5) is 23.9. The number of hydrogen-bond donors (Lipinski definition) is 2. The van der Waals surface area contributed by atoms with Crippen LogP contribution in [0.25, 0.3) is 21.5 Å². The van der Waals surface area contributed by atoms with E-state index in [0.29, 0.717) is 25.7 Å². The van der Waals surface area contributed by atoms with Gasteiger partial charge in [0.15, 0.2) is 5.92 Å². The van der Waals surface area contributed by atoms with Crippen LogP contribution in [0.15, 0.2) is 97.1 Å². The molecule has 0 aliphatic carbocycles. The van der Waals surface area contributed by atoms with Crippen molar-refractivity contribution in [3.63, 3.8) is 0 Å². The molecule has 5 aromatic rings. The molecule has 0 atom stereocenters. The smallest absolute Gasteiger partial charge is 0.320 e. The molecule has 0 spiro atoms. The number of halogens is 1. The molecule has 0 amide bonds. The predicted molar refractivity (Wildman–Crippen MR) is 170 cm³/mol. The van der Waals surface area contributed by atoms with Gasteiger partial charge in [-0.1, -0.05) is 84.9 Å². The maximum absolute atomic E-state index is 13.2. The molecule has 2 N–H and O–H groups in total. The molecule has 0 saturated heterocycles. The van der Waals surface area contributed by atoms with Crippen LogP contribution >= 0.6 is 0 Å². The molecule has 44 heavy (non-hydrogen) atoms. The number of aryl methyl sites for hydroxylation is 1. The van der Waals surface area contributed by atoms with E-state index in [1.165, 1.54) is 12.1 Å². The fourth-order valence-corrected chi connectivity index (χ4v) is 5.13. The number of ether oxygens (including phenoxy) is 2. The molecule has 5 rings (SSSR count). The van der Waals surface area contributed by atoms with E-state index in [4.69, 9.17) is 9.47 Å². The first-order chi connectivity index (χ1) is 21.3. The number of phenols is 2. The highest BCUT2D eigenvalue weighted by Gasteiger charge is 2.29. The third kappa shape index (κ3) is 8.13. The van der Waals surface area contributed by atoms with Gasteiger partial charge < -0.3 is 19.7 Å². The molecule has 0 fully saturated rings. The summed E-state index contributed by atoms with van der Waals surface area (Å²) in [5.74, 6) is -1.74. The van der Waals surface area contributed by atoms with Crippen LogP contribution < -0.4 is 0 Å². The zero-order valence-electron chi connectivity index (χ0n) is 25.0. The van der Waals surface area contributed by atoms with Gasteiger partial charge in [-0.15, -0.1) is 0 Å². The van der Waals surface area contributed by atoms with Crippen molar-refractivity contribution in [1.82, 2.24) is 0 Å². The van der Waals surface area contributed by atoms with Crippen molar-refractivity contribution >= 4 is 33.5 Å². The van der Waals surface area contributed by atoms with Crippen LogP contribution in [0.4, 0.5) is 4.39 Å². The first-order valence-electron chi connectivity index (χ1n) is 14.8. The summed E-state index contributed by atoms with van der Waals surface area (Å²) in [6, 6.07) is 29.5. The highest BCUT2D eigenvalue weighted by Crippen LogP contribution is 2.31. The van der Waals surface area contributed by atoms with Crippen molar-refractivity contribution in [2.45, 2.75) is 39.5 Å². The highest BCUT2D eigenvalue weighted by atomic mass is 19.1. The number of rotatable bonds is 10. The van der Waals surface area contributed by atoms with E-state index in [0.717, 1.165) is 38.2 Å². The molecule has 0 aliphatic heterocycles. The molecule has 0 aromatic heterocycles. The van der Waals surface area contributed by atoms with Crippen LogP contribution in [0.2, 0.25) is 0 Å². The van der Waals surface area contributed by atoms with Crippen molar-refractivity contribution in [3.8, 4) is 11.5 Å². The lowest BCUT2D eigenvalue weighted by Crippen LogP contribution is -2.28. The summed E-state index contributed by atoms with van der Waals surface area (Å²) in [5, 5.41) is 24.3. The molecule has 0 aliphatic rings. The van der Waals surface area contributed by atoms with Gasteiger partial charge in [0.25, 0.3) is 0 Å². The van der Waals surface area contributed by atoms with Gasteiger partial charge in [0.2, 0.25) is 0 Å². The van der Waals surface area contributed by atoms with E-state index in [2.05, 4.69) is 0 Å². The van der Waals surface area contributed by atoms with E-state index in [1.54, 1.807) is 19.9 Å². The molecule has 0 bridgehead atoms. The quantitative estimate of drug-likeness (QED) is 0.126. The zero-order chi connectivity index (χ0) is 31.5. The van der Waals surface area contributed by atoms with Crippen molar-refractivity contribution in [2.24, 2.45) is 5.92 Å². The summed E-state index contributed by atoms with van der Waals surface area (Å²) >= 11 is 0. The molecule has 0 unspecified atom stereocenters. The van der Waals surface area contributed by atoms with Gasteiger partial charge in [-0.2, -0.15) is 0 Å². The number of hydrogen-bond acceptors (Lipinski definition) is 6. The van der Waals surface area contributed by atoms with Gasteiger partial charge >= 0.3 is 11.9 Å². The fourth-order valence-electron chi connectivity index (χ4n) is 5.13. The number of esters is 2. The normalized spacial score (nSPS) is 10.8. The minimum Gasteiger partial charge on any atom is -0.507 e. The summed E-state index contributed by atoms with van der Waals surface area (Å²) in [5.41, 5.74) is 2.46. The third-order valence-corrected chi connectivity index (χ3v) is 7.33. The third-order valence-electron chi connectivity index (χ3n) is 7.33. The maximum atomic E-state index is 13.2. The van der Waals surface area contributed by atoms with Gasteiger partial charge in [-0.3, -0.25) is 9.59 Å². The Kier molecular flexibility index (Phi) is 11.3. The van der Waals surface area contributed by atoms with E-state index in [9.17, 15) is 24.2 Å². The second-order valence-electron chi connectivity index (χ2n) is 10.3. The molecule has 6 nitrogen and oxygen atoms in total. The molecule has 5 aromatic carbocycles. The Morgan fingerprint density at radius 1 is 0.705 bits per heavy atom. The molecule has 0 saturated carbocycles. The van der Waals surface area contributed by atoms with Gasteiger partial charge in [-0.05, 0) is 72.7 Å². The van der Waals surface area contributed by atoms with Crippen LogP contribution in [-0.2, 0) is 31.9 Å². The standard InChI is InChI=1S/C20H24O5.C17H13FO/c1-3-24-19(22)17(20(23)25-4-2)11-7-9-15-13-12-14-8-5-6-10-16(14)18(15)21;18-15-6-3-4-12(11-15)10-14-9-8-13-5-1-2-7-16(13)17(14)19/h5-6,8,10,12-13,17,21H,3-4,7,9,11H2,1-2H3;1-9,11,19H,10H2. The first kappa shape index (κ1) is 32.0. The summed E-state index contributed by atoms with van der Waals surface area (Å²) in [7, 11) is 0. The fraction of sp³-hybridized carbons (Fsp3) is 0.243. The Balaban J connectivity index is 0.000000208. The monoisotopic (exact) mass is 596 g/mol. The lowest BCUT2D eigenvalue weighted by Gasteiger charge is -2.14. The van der Waals surface area contributed by atoms with Crippen LogP contribution in [0.3, 0.4) is 0 Å². The zero-order valence-corrected chi connectivity index (χ0v) is 25.0. The predicted octanol–water partition coefficient (Wildman–Crippen LogP) is 7.89. The van der Waals surface area contributed by atoms with Crippen LogP contribution in [0, 0.1) is 11.7 Å². The Hall–Kier alpha value is -4.91. The number of aromatic hydroxyl groups is 2. The van der Waals surface area contributed by atoms with E-state index in [1.807, 2.05) is 78.9 Å². The van der Waals surface area contributed by atoms with Gasteiger partial charge in [0.05, 0.1) is 13.2 Å². The minimum atomic E-state index is -0.914. The highest BCUT2D eigenvalue weighted by molar-refractivity contribution is 5.95. The average Bonchev–Trinajstić information content (AvgIpc) is 3.02. The van der Waals surface area contributed by atoms with Crippen LogP contribution in [-0.4, -0.2) is 35.4 Å². The van der Waals surface area contributed by atoms with Crippen molar-refractivity contribution in [3.05, 3.63) is 120 Å². The Bertz CT molecular complexity index is 1710. The molecule has 7 heteroatoms. The Morgan fingerprint density at radius 2 is 1.25 bits per heavy atom. The number of carbonyl (C=O) groups is 2. The summed E-state index contributed by atoms with van der Waals surface area (Å²) < 4.78 is 23.1. The van der Waals surface area contributed by atoms with Gasteiger partial charge in [-0.25, -0.2) is 4.39 Å².